The standard InChI is InChI=1S/C100H176N14O15S/c1-5-9-13-16-19-22-25-28-31-34-37-40-46-60-88(118)106-85(76-130-75-80(129-90(120)62-48-42-39-36-33-30-27-24-21-18-15-11-7-3)74-128-89(119)61-47-41-38-35-32-29-26-23-20-17-14-10-6-2)87(117)71-79(73-115)94(121)107-81(56-49-52-67-101)95(122)108-82(96(123)109-83(57-50-53-68-102)97(124)110-84(98(125)126)58-51-54-69-103)55-44-43-45-59-86(116)78-65-63-77(64-66-78)72-114-93-91(111-100(114)127)92(104)112-99(113-93)105-70-12-8-4/h63-66,79-85,115H,5-62,67-76,101-103H2,1-4H3,(H,106,118)(H,107,121)(H,108,122)(H,109,123)(H,110,124)(H,111,127)(H,125,126)(H3,104,105,112,113)/t79-,80?,81-,82-,83-,84-,85-/m0/s1. The Morgan fingerprint density at radius 1 is 0.446 bits per heavy atom. The first kappa shape index (κ1) is 117. The summed E-state index contributed by atoms with van der Waals surface area (Å²) < 4.78 is 13.3. The van der Waals surface area contributed by atoms with E-state index in [-0.39, 0.29) is 113 Å². The number of fused-ring (bicyclic) bond motifs is 1. The lowest BCUT2D eigenvalue weighted by atomic mass is 9.97. The monoisotopic (exact) mass is 1850 g/mol. The number of aliphatic hydroxyl groups excluding tert-OH is 1. The number of nitrogen functional groups attached to an aromatic ring is 1. The molecule has 0 aliphatic rings. The number of hydrogen-bond acceptors (Lipinski definition) is 22. The maximum absolute atomic E-state index is 15.0. The number of nitrogens with one attached hydrogen (secondary N) is 7. The number of Topliss-reactive ketones (excluding diaryl/α,β-unsaturated/α-hetero) is 2. The third-order valence-electron chi connectivity index (χ3n) is 24.4. The number of carbonyl (C=O) groups is 10. The van der Waals surface area contributed by atoms with Crippen LogP contribution in [0.15, 0.2) is 29.1 Å². The largest absolute Gasteiger partial charge is 0.480 e. The Hall–Kier alpha value is -7.54. The van der Waals surface area contributed by atoms with Crippen LogP contribution in [0.25, 0.3) is 11.2 Å². The Labute approximate surface area is 783 Å². The lowest BCUT2D eigenvalue weighted by Gasteiger charge is -2.27. The molecule has 3 aromatic rings. The molecule has 30 heteroatoms. The number of aromatic amines is 1. The lowest BCUT2D eigenvalue weighted by molar-refractivity contribution is -0.157. The van der Waals surface area contributed by atoms with Crippen molar-refractivity contribution in [3.05, 3.63) is 45.9 Å². The molecule has 2 aromatic heterocycles. The van der Waals surface area contributed by atoms with Gasteiger partial charge >= 0.3 is 23.6 Å². The number of benzene rings is 1. The topological polar surface area (TPSA) is 469 Å². The van der Waals surface area contributed by atoms with Gasteiger partial charge in [-0.2, -0.15) is 21.7 Å². The van der Waals surface area contributed by atoms with Crippen molar-refractivity contribution in [2.75, 3.05) is 61.9 Å². The third-order valence-corrected chi connectivity index (χ3v) is 25.6. The second-order valence-corrected chi connectivity index (χ2v) is 37.1. The molecular weight excluding hydrogens is 1670 g/mol. The Balaban J connectivity index is 1.91. The maximum atomic E-state index is 15.0. The lowest BCUT2D eigenvalue weighted by Crippen LogP contribution is -2.58. The molecule has 29 nitrogen and oxygen atoms in total. The summed E-state index contributed by atoms with van der Waals surface area (Å²) in [5.41, 5.74) is 25.1. The number of amides is 5. The van der Waals surface area contributed by atoms with Crippen LogP contribution in [-0.2, 0) is 59.2 Å². The average molecular weight is 1850 g/mol. The van der Waals surface area contributed by atoms with Crippen LogP contribution >= 0.6 is 11.8 Å². The Morgan fingerprint density at radius 3 is 1.28 bits per heavy atom. The molecule has 0 spiro atoms. The van der Waals surface area contributed by atoms with Gasteiger partial charge in [-0.25, -0.2) is 9.59 Å². The van der Waals surface area contributed by atoms with Gasteiger partial charge in [-0.1, -0.05) is 302 Å². The van der Waals surface area contributed by atoms with Crippen molar-refractivity contribution in [1.29, 1.82) is 0 Å². The quantitative estimate of drug-likeness (QED) is 0.0142. The minimum Gasteiger partial charge on any atom is -0.480 e. The molecule has 2 heterocycles. The Morgan fingerprint density at radius 2 is 0.838 bits per heavy atom. The van der Waals surface area contributed by atoms with Crippen molar-refractivity contribution in [2.24, 2.45) is 23.1 Å². The number of carboxylic acids is 1. The van der Waals surface area contributed by atoms with Crippen LogP contribution in [0.2, 0.25) is 0 Å². The fraction of sp³-hybridized carbons (Fsp3) is 0.790. The number of aromatic nitrogens is 4. The molecule has 0 fully saturated rings. The Kier molecular flexibility index (Phi) is 68.9. The van der Waals surface area contributed by atoms with E-state index in [4.69, 9.17) is 32.4 Å². The SMILES string of the molecule is CCCCCCCCCCCCCCCC(=O)N[C@@H](CSCC(COC(=O)CCCCCCCCCCCCCCC)OC(=O)CCCCCCCCCCCCCCC)C(=O)C[C@@H](CO)C(=O)N[C@@H](CCCCN)C(=O)N[C@@H](CCCCCC(=O)c1ccc(Cn2c(=O)[nH]c3c(N)nc(NCCCC)nc32)cc1)C(=O)N[C@@H](CCCCN)C(=O)N[C@@H](CCCCN)C(=O)O. The number of carboxylic acid groups (broad SMARTS) is 1. The molecule has 0 saturated carbocycles. The van der Waals surface area contributed by atoms with Gasteiger partial charge in [0.25, 0.3) is 0 Å². The predicted octanol–water partition coefficient (Wildman–Crippen LogP) is 17.2. The van der Waals surface area contributed by atoms with Gasteiger partial charge in [-0.3, -0.25) is 47.7 Å². The number of hydrogen-bond donors (Lipinski definition) is 13. The number of imidazole rings is 1. The highest BCUT2D eigenvalue weighted by Gasteiger charge is 2.35. The van der Waals surface area contributed by atoms with Crippen molar-refractivity contribution >= 4 is 93.7 Å². The molecule has 130 heavy (non-hydrogen) atoms. The normalized spacial score (nSPS) is 13.1. The highest BCUT2D eigenvalue weighted by Crippen LogP contribution is 2.24. The van der Waals surface area contributed by atoms with Crippen LogP contribution in [-0.4, -0.2) is 176 Å². The number of esters is 2. The summed E-state index contributed by atoms with van der Waals surface area (Å²) in [5, 5.41) is 38.3. The number of nitrogens with two attached hydrogens (primary N) is 4. The van der Waals surface area contributed by atoms with Crippen molar-refractivity contribution < 1.29 is 67.6 Å². The number of thioether (sulfide) groups is 1. The van der Waals surface area contributed by atoms with Crippen molar-refractivity contribution in [3.8, 4) is 0 Å². The average Bonchev–Trinajstić information content (AvgIpc) is 1.63. The van der Waals surface area contributed by atoms with Crippen molar-refractivity contribution in [2.45, 2.75) is 449 Å². The van der Waals surface area contributed by atoms with Crippen LogP contribution in [0, 0.1) is 5.92 Å². The van der Waals surface area contributed by atoms with E-state index in [0.717, 1.165) is 83.5 Å². The molecule has 1 unspecified atom stereocenters. The molecule has 0 aliphatic carbocycles. The van der Waals surface area contributed by atoms with Crippen LogP contribution in [0.5, 0.6) is 0 Å². The second-order valence-electron chi connectivity index (χ2n) is 36.1. The fourth-order valence-electron chi connectivity index (χ4n) is 16.2. The van der Waals surface area contributed by atoms with Gasteiger partial charge < -0.3 is 79.5 Å². The van der Waals surface area contributed by atoms with E-state index in [9.17, 15) is 63.0 Å². The van der Waals surface area contributed by atoms with E-state index >= 15 is 0 Å². The number of unbranched alkanes of at least 4 members (excludes halogenated alkanes) is 42. The number of aliphatic carboxylic acids is 1. The second kappa shape index (κ2) is 76.8. The molecule has 0 aliphatic heterocycles. The van der Waals surface area contributed by atoms with E-state index in [1.165, 1.54) is 177 Å². The van der Waals surface area contributed by atoms with Crippen molar-refractivity contribution in [3.63, 3.8) is 0 Å². The molecule has 17 N–H and O–H groups in total. The molecule has 742 valence electrons. The number of ether oxygens (including phenoxy) is 2. The molecule has 0 saturated heterocycles. The minimum atomic E-state index is -1.44. The number of anilines is 2. The van der Waals surface area contributed by atoms with E-state index < -0.39 is 108 Å². The summed E-state index contributed by atoms with van der Waals surface area (Å²) >= 11 is 1.22. The first-order chi connectivity index (χ1) is 63.2. The number of H-pyrrole nitrogens is 1. The highest BCUT2D eigenvalue weighted by atomic mass is 32.2. The molecular formula is C100H176N14O15S. The number of carbonyl (C=O) groups excluding carboxylic acids is 9. The fourth-order valence-corrected chi connectivity index (χ4v) is 17.2. The van der Waals surface area contributed by atoms with E-state index in [2.05, 4.69) is 74.5 Å². The van der Waals surface area contributed by atoms with Gasteiger partial charge in [0, 0.05) is 55.7 Å². The van der Waals surface area contributed by atoms with Crippen molar-refractivity contribution in [1.82, 2.24) is 46.1 Å². The zero-order valence-electron chi connectivity index (χ0n) is 80.7. The number of rotatable bonds is 88. The van der Waals surface area contributed by atoms with E-state index in [1.807, 2.05) is 0 Å². The van der Waals surface area contributed by atoms with Gasteiger partial charge in [0.2, 0.25) is 35.5 Å². The number of nitrogens with zero attached hydrogens (tertiary/aromatic N) is 3. The first-order valence-corrected chi connectivity index (χ1v) is 52.3. The zero-order chi connectivity index (χ0) is 94.8. The summed E-state index contributed by atoms with van der Waals surface area (Å²) in [4.78, 5) is 166. The summed E-state index contributed by atoms with van der Waals surface area (Å²) in [6.07, 6.45) is 49.2. The third kappa shape index (κ3) is 55.2. The van der Waals surface area contributed by atoms with Crippen LogP contribution in [0.4, 0.5) is 11.8 Å². The molecule has 1 aromatic carbocycles. The number of aliphatic hydroxyl groups is 1. The van der Waals surface area contributed by atoms with Gasteiger partial charge in [0.1, 0.15) is 42.4 Å². The van der Waals surface area contributed by atoms with Gasteiger partial charge in [-0.15, -0.1) is 0 Å². The molecule has 5 amide bonds. The first-order valence-electron chi connectivity index (χ1n) is 51.2. The summed E-state index contributed by atoms with van der Waals surface area (Å²) in [6, 6.07) is 0.371. The van der Waals surface area contributed by atoms with E-state index in [0.29, 0.717) is 112 Å². The smallest absolute Gasteiger partial charge is 0.328 e. The van der Waals surface area contributed by atoms with Crippen LogP contribution < -0.4 is 60.5 Å². The van der Waals surface area contributed by atoms with Crippen LogP contribution in [0.1, 0.15) is 422 Å². The summed E-state index contributed by atoms with van der Waals surface area (Å²) in [7, 11) is 0. The Bertz CT molecular complexity index is 3610. The summed E-state index contributed by atoms with van der Waals surface area (Å²) in [5.74, 6) is -7.39. The van der Waals surface area contributed by atoms with Gasteiger partial charge in [-0.05, 0) is 122 Å². The molecule has 0 radical (unpaired) electrons. The molecule has 3 rings (SSSR count). The highest BCUT2D eigenvalue weighted by molar-refractivity contribution is 7.99. The van der Waals surface area contributed by atoms with Gasteiger partial charge in [0.15, 0.2) is 23.0 Å². The van der Waals surface area contributed by atoms with Gasteiger partial charge in [0.05, 0.1) is 25.1 Å². The maximum Gasteiger partial charge on any atom is 0.328 e. The number of ketones is 2. The predicted molar refractivity (Wildman–Crippen MR) is 524 cm³/mol. The molecule has 7 atom stereocenters. The summed E-state index contributed by atoms with van der Waals surface area (Å²) in [6.45, 7) is 9.27. The van der Waals surface area contributed by atoms with Crippen LogP contribution in [0.3, 0.4) is 0 Å². The van der Waals surface area contributed by atoms with E-state index in [1.54, 1.807) is 24.3 Å². The minimum absolute atomic E-state index is 0.000893. The zero-order valence-corrected chi connectivity index (χ0v) is 81.5. The molecule has 0 bridgehead atoms.